The Labute approximate surface area is 122 Å². The highest BCUT2D eigenvalue weighted by atomic mass is 35.5. The number of benzene rings is 2. The van der Waals surface area contributed by atoms with E-state index in [1.807, 2.05) is 32.0 Å². The zero-order valence-corrected chi connectivity index (χ0v) is 12.1. The molecule has 0 aliphatic rings. The Kier molecular flexibility index (Phi) is 4.08. The third-order valence-electron chi connectivity index (χ3n) is 2.79. The molecule has 0 aliphatic heterocycles. The van der Waals surface area contributed by atoms with E-state index >= 15 is 0 Å². The smallest absolute Gasteiger partial charge is 0.110 e. The summed E-state index contributed by atoms with van der Waals surface area (Å²) in [6.45, 7) is 3.80. The molecule has 0 heterocycles. The van der Waals surface area contributed by atoms with Crippen molar-refractivity contribution in [2.24, 2.45) is 10.2 Å². The zero-order valence-electron chi connectivity index (χ0n) is 10.6. The van der Waals surface area contributed by atoms with Gasteiger partial charge in [0.25, 0.3) is 0 Å². The maximum absolute atomic E-state index is 6.14. The first-order valence-corrected chi connectivity index (χ1v) is 6.47. The summed E-state index contributed by atoms with van der Waals surface area (Å²) in [5, 5.41) is 9.33. The molecule has 0 unspecified atom stereocenters. The van der Waals surface area contributed by atoms with Crippen LogP contribution >= 0.6 is 23.2 Å². The molecule has 2 aromatic rings. The summed E-state index contributed by atoms with van der Waals surface area (Å²) in [7, 11) is 0. The molecule has 0 saturated carbocycles. The SMILES string of the molecule is Cc1cccc(N=Nc2ccc(C)c(Cl)c2N)c1Cl. The minimum atomic E-state index is 0.425. The second-order valence-electron chi connectivity index (χ2n) is 4.24. The van der Waals surface area contributed by atoms with Crippen LogP contribution in [0.3, 0.4) is 0 Å². The number of nitrogens with two attached hydrogens (primary N) is 1. The highest BCUT2D eigenvalue weighted by Gasteiger charge is 2.06. The third kappa shape index (κ3) is 2.88. The average Bonchev–Trinajstić information content (AvgIpc) is 2.40. The summed E-state index contributed by atoms with van der Waals surface area (Å²) < 4.78 is 0. The van der Waals surface area contributed by atoms with Crippen molar-refractivity contribution < 1.29 is 0 Å². The molecule has 98 valence electrons. The molecule has 19 heavy (non-hydrogen) atoms. The number of azo groups is 1. The van der Waals surface area contributed by atoms with Gasteiger partial charge in [-0.1, -0.05) is 41.4 Å². The highest BCUT2D eigenvalue weighted by Crippen LogP contribution is 2.34. The number of halogens is 2. The number of nitrogens with zero attached hydrogens (tertiary/aromatic N) is 2. The molecular weight excluding hydrogens is 281 g/mol. The summed E-state index contributed by atoms with van der Waals surface area (Å²) in [6.07, 6.45) is 0. The lowest BCUT2D eigenvalue weighted by atomic mass is 10.2. The number of rotatable bonds is 2. The minimum Gasteiger partial charge on any atom is -0.396 e. The van der Waals surface area contributed by atoms with Crippen molar-refractivity contribution in [3.05, 3.63) is 51.5 Å². The van der Waals surface area contributed by atoms with Crippen LogP contribution < -0.4 is 5.73 Å². The molecule has 0 saturated heterocycles. The quantitative estimate of drug-likeness (QED) is 0.568. The molecule has 0 fully saturated rings. The van der Waals surface area contributed by atoms with E-state index in [1.54, 1.807) is 12.1 Å². The van der Waals surface area contributed by atoms with Gasteiger partial charge in [0.2, 0.25) is 0 Å². The van der Waals surface area contributed by atoms with Crippen molar-refractivity contribution in [2.75, 3.05) is 5.73 Å². The van der Waals surface area contributed by atoms with E-state index in [1.165, 1.54) is 0 Å². The first kappa shape index (κ1) is 13.8. The minimum absolute atomic E-state index is 0.425. The van der Waals surface area contributed by atoms with E-state index in [4.69, 9.17) is 28.9 Å². The van der Waals surface area contributed by atoms with Gasteiger partial charge < -0.3 is 5.73 Å². The molecule has 2 aromatic carbocycles. The lowest BCUT2D eigenvalue weighted by Gasteiger charge is -2.05. The van der Waals surface area contributed by atoms with Crippen LogP contribution in [0.5, 0.6) is 0 Å². The van der Waals surface area contributed by atoms with E-state index in [-0.39, 0.29) is 0 Å². The van der Waals surface area contributed by atoms with Gasteiger partial charge in [-0.05, 0) is 37.1 Å². The normalized spacial score (nSPS) is 11.2. The number of nitrogen functional groups attached to an aromatic ring is 1. The Balaban J connectivity index is 2.38. The van der Waals surface area contributed by atoms with Crippen LogP contribution in [-0.4, -0.2) is 0 Å². The number of anilines is 1. The fourth-order valence-electron chi connectivity index (χ4n) is 1.60. The van der Waals surface area contributed by atoms with E-state index in [0.29, 0.717) is 27.1 Å². The van der Waals surface area contributed by atoms with E-state index in [0.717, 1.165) is 11.1 Å². The van der Waals surface area contributed by atoms with Gasteiger partial charge in [-0.15, -0.1) is 10.2 Å². The maximum atomic E-state index is 6.14. The van der Waals surface area contributed by atoms with Gasteiger partial charge in [0, 0.05) is 0 Å². The molecule has 0 amide bonds. The summed E-state index contributed by atoms with van der Waals surface area (Å²) >= 11 is 12.2. The monoisotopic (exact) mass is 293 g/mol. The second-order valence-corrected chi connectivity index (χ2v) is 4.99. The lowest BCUT2D eigenvalue weighted by molar-refractivity contribution is 1.22. The van der Waals surface area contributed by atoms with E-state index < -0.39 is 0 Å². The molecule has 0 spiro atoms. The van der Waals surface area contributed by atoms with Gasteiger partial charge >= 0.3 is 0 Å². The van der Waals surface area contributed by atoms with Crippen molar-refractivity contribution in [1.29, 1.82) is 0 Å². The van der Waals surface area contributed by atoms with Crippen LogP contribution in [0.2, 0.25) is 10.0 Å². The van der Waals surface area contributed by atoms with Crippen LogP contribution in [0, 0.1) is 13.8 Å². The predicted octanol–water partition coefficient (Wildman–Crippen LogP) is 5.61. The second kappa shape index (κ2) is 5.59. The Morgan fingerprint density at radius 3 is 2.21 bits per heavy atom. The Morgan fingerprint density at radius 1 is 0.842 bits per heavy atom. The van der Waals surface area contributed by atoms with Gasteiger partial charge in [-0.2, -0.15) is 0 Å². The van der Waals surface area contributed by atoms with Crippen LogP contribution in [0.25, 0.3) is 0 Å². The van der Waals surface area contributed by atoms with Crippen LogP contribution in [-0.2, 0) is 0 Å². The van der Waals surface area contributed by atoms with Gasteiger partial charge in [0.05, 0.1) is 15.7 Å². The van der Waals surface area contributed by atoms with E-state index in [9.17, 15) is 0 Å². The molecule has 3 nitrogen and oxygen atoms in total. The van der Waals surface area contributed by atoms with Gasteiger partial charge in [-0.25, -0.2) is 0 Å². The Morgan fingerprint density at radius 2 is 1.47 bits per heavy atom. The first-order valence-electron chi connectivity index (χ1n) is 5.72. The van der Waals surface area contributed by atoms with Gasteiger partial charge in [0.1, 0.15) is 11.4 Å². The van der Waals surface area contributed by atoms with Crippen molar-refractivity contribution >= 4 is 40.3 Å². The van der Waals surface area contributed by atoms with Crippen LogP contribution in [0.1, 0.15) is 11.1 Å². The van der Waals surface area contributed by atoms with Gasteiger partial charge in [-0.3, -0.25) is 0 Å². The summed E-state index contributed by atoms with van der Waals surface area (Å²) in [5.41, 5.74) is 9.33. The Bertz CT molecular complexity index is 651. The van der Waals surface area contributed by atoms with E-state index in [2.05, 4.69) is 10.2 Å². The molecule has 2 N–H and O–H groups in total. The predicted molar refractivity (Wildman–Crippen MR) is 81.0 cm³/mol. The molecule has 2 rings (SSSR count). The molecule has 0 aliphatic carbocycles. The maximum Gasteiger partial charge on any atom is 0.110 e. The fraction of sp³-hybridized carbons (Fsp3) is 0.143. The molecule has 5 heteroatoms. The topological polar surface area (TPSA) is 50.7 Å². The summed E-state index contributed by atoms with van der Waals surface area (Å²) in [4.78, 5) is 0. The van der Waals surface area contributed by atoms with Gasteiger partial charge in [0.15, 0.2) is 0 Å². The zero-order chi connectivity index (χ0) is 14.0. The third-order valence-corrected chi connectivity index (χ3v) is 3.78. The number of aryl methyl sites for hydroxylation is 2. The fourth-order valence-corrected chi connectivity index (χ4v) is 1.92. The van der Waals surface area contributed by atoms with Crippen molar-refractivity contribution in [2.45, 2.75) is 13.8 Å². The summed E-state index contributed by atoms with van der Waals surface area (Å²) in [6, 6.07) is 9.22. The molecule has 0 radical (unpaired) electrons. The standard InChI is InChI=1S/C14H13Cl2N3/c1-8-4-3-5-10(12(8)15)18-19-11-7-6-9(2)13(16)14(11)17/h3-7H,17H2,1-2H3. The average molecular weight is 294 g/mol. The first-order chi connectivity index (χ1) is 9.00. The highest BCUT2D eigenvalue weighted by molar-refractivity contribution is 6.34. The van der Waals surface area contributed by atoms with Crippen molar-refractivity contribution in [1.82, 2.24) is 0 Å². The number of hydrogen-bond donors (Lipinski definition) is 1. The molecular formula is C14H13Cl2N3. The van der Waals surface area contributed by atoms with Crippen LogP contribution in [0.4, 0.5) is 17.1 Å². The van der Waals surface area contributed by atoms with Crippen LogP contribution in [0.15, 0.2) is 40.6 Å². The number of hydrogen-bond acceptors (Lipinski definition) is 3. The van der Waals surface area contributed by atoms with Crippen molar-refractivity contribution in [3.63, 3.8) is 0 Å². The lowest BCUT2D eigenvalue weighted by Crippen LogP contribution is -1.88. The Hall–Kier alpha value is -1.58. The molecule has 0 atom stereocenters. The largest absolute Gasteiger partial charge is 0.396 e. The van der Waals surface area contributed by atoms with Crippen molar-refractivity contribution in [3.8, 4) is 0 Å². The summed E-state index contributed by atoms with van der Waals surface area (Å²) in [5.74, 6) is 0. The molecule has 0 bridgehead atoms. The molecule has 0 aromatic heterocycles.